The van der Waals surface area contributed by atoms with Crippen LogP contribution in [0.3, 0.4) is 0 Å². The van der Waals surface area contributed by atoms with Gasteiger partial charge in [0.15, 0.2) is 0 Å². The molecule has 4 atom stereocenters. The SMILES string of the molecule is CCC/C(=C\c1ccc(O)cc1)CC[C@H]1OB(O)C[C@H]2C1=C(CC)C[C@H]1C(=O)N(c3cc(C(F)(F)F)cc(C(F)(F)F)c3)C(=O)[C@H]12. The molecular formula is C33H34BF6NO5. The first-order valence-electron chi connectivity index (χ1n) is 15.3. The molecule has 0 saturated carbocycles. The molecule has 2 fully saturated rings. The molecule has 0 unspecified atom stereocenters. The fourth-order valence-corrected chi connectivity index (χ4v) is 7.14. The number of hydrogen-bond donors (Lipinski definition) is 2. The van der Waals surface area contributed by atoms with Crippen molar-refractivity contribution in [1.29, 1.82) is 0 Å². The van der Waals surface area contributed by atoms with Crippen molar-refractivity contribution in [3.05, 3.63) is 75.9 Å². The van der Waals surface area contributed by atoms with E-state index in [-0.39, 0.29) is 24.6 Å². The second-order valence-electron chi connectivity index (χ2n) is 12.1. The molecule has 2 aromatic rings. The molecular weight excluding hydrogens is 615 g/mol. The molecule has 2 aliphatic heterocycles. The topological polar surface area (TPSA) is 87.1 Å². The van der Waals surface area contributed by atoms with E-state index in [1.807, 2.05) is 19.9 Å². The lowest BCUT2D eigenvalue weighted by atomic mass is 9.58. The van der Waals surface area contributed by atoms with Crippen LogP contribution < -0.4 is 4.90 Å². The predicted molar refractivity (Wildman–Crippen MR) is 159 cm³/mol. The van der Waals surface area contributed by atoms with Crippen LogP contribution in [-0.2, 0) is 26.6 Å². The lowest BCUT2D eigenvalue weighted by molar-refractivity contribution is -0.143. The van der Waals surface area contributed by atoms with Gasteiger partial charge < -0.3 is 14.8 Å². The summed E-state index contributed by atoms with van der Waals surface area (Å²) >= 11 is 0. The van der Waals surface area contributed by atoms with E-state index in [4.69, 9.17) is 4.65 Å². The Kier molecular flexibility index (Phi) is 9.48. The van der Waals surface area contributed by atoms with Crippen LogP contribution in [0.1, 0.15) is 69.1 Å². The van der Waals surface area contributed by atoms with Crippen LogP contribution in [0.4, 0.5) is 32.0 Å². The van der Waals surface area contributed by atoms with Crippen molar-refractivity contribution in [3.63, 3.8) is 0 Å². The summed E-state index contributed by atoms with van der Waals surface area (Å²) in [5.74, 6) is -4.32. The number of phenols is 1. The van der Waals surface area contributed by atoms with E-state index in [0.29, 0.717) is 36.3 Å². The van der Waals surface area contributed by atoms with E-state index < -0.39 is 72.0 Å². The molecule has 2 saturated heterocycles. The minimum absolute atomic E-state index is 0.0368. The van der Waals surface area contributed by atoms with Gasteiger partial charge in [-0.15, -0.1) is 0 Å². The van der Waals surface area contributed by atoms with Crippen molar-refractivity contribution in [3.8, 4) is 5.75 Å². The normalized spacial score (nSPS) is 24.1. The Bertz CT molecular complexity index is 1520. The van der Waals surface area contributed by atoms with Gasteiger partial charge in [-0.3, -0.25) is 9.59 Å². The van der Waals surface area contributed by atoms with Crippen LogP contribution in [0, 0.1) is 17.8 Å². The van der Waals surface area contributed by atoms with E-state index in [0.717, 1.165) is 35.1 Å². The molecule has 246 valence electrons. The molecule has 0 spiro atoms. The summed E-state index contributed by atoms with van der Waals surface area (Å²) in [6.45, 7) is 3.91. The van der Waals surface area contributed by atoms with Gasteiger partial charge in [0, 0.05) is 0 Å². The number of aromatic hydroxyl groups is 1. The summed E-state index contributed by atoms with van der Waals surface area (Å²) in [6.07, 6.45) is -5.65. The Morgan fingerprint density at radius 1 is 0.957 bits per heavy atom. The van der Waals surface area contributed by atoms with Crippen molar-refractivity contribution in [2.45, 2.75) is 77.1 Å². The van der Waals surface area contributed by atoms with Crippen LogP contribution >= 0.6 is 0 Å². The molecule has 13 heteroatoms. The summed E-state index contributed by atoms with van der Waals surface area (Å²) in [4.78, 5) is 28.0. The number of halogens is 6. The van der Waals surface area contributed by atoms with E-state index in [1.54, 1.807) is 24.3 Å². The fourth-order valence-electron chi connectivity index (χ4n) is 7.14. The summed E-state index contributed by atoms with van der Waals surface area (Å²) in [5.41, 5.74) is -0.404. The monoisotopic (exact) mass is 649 g/mol. The van der Waals surface area contributed by atoms with Crippen molar-refractivity contribution in [2.24, 2.45) is 17.8 Å². The molecule has 1 aliphatic carbocycles. The number of amides is 2. The van der Waals surface area contributed by atoms with E-state index in [1.165, 1.54) is 0 Å². The summed E-state index contributed by atoms with van der Waals surface area (Å²) in [7, 11) is -1.28. The average Bonchev–Trinajstić information content (AvgIpc) is 3.24. The minimum Gasteiger partial charge on any atom is -0.508 e. The number of fused-ring (bicyclic) bond motifs is 3. The second kappa shape index (κ2) is 12.9. The quantitative estimate of drug-likeness (QED) is 0.132. The molecule has 2 amide bonds. The van der Waals surface area contributed by atoms with Gasteiger partial charge in [-0.1, -0.05) is 49.6 Å². The summed E-state index contributed by atoms with van der Waals surface area (Å²) in [5, 5.41) is 20.4. The van der Waals surface area contributed by atoms with Gasteiger partial charge in [-0.25, -0.2) is 4.90 Å². The zero-order chi connectivity index (χ0) is 33.6. The van der Waals surface area contributed by atoms with Gasteiger partial charge in [-0.2, -0.15) is 26.3 Å². The standard InChI is InChI=1S/C33H34BF6NO5/c1-3-5-18(12-19-6-9-24(42)10-7-19)8-11-27-28-20(4-2)13-25-29(26(28)17-34(45)46-27)31(44)41(30(25)43)23-15-21(32(35,36)37)14-22(16-23)33(38,39)40/h6-7,9-10,12,14-16,25-27,29,42,45H,3-5,8,11,13,17H2,1-2H3/b18-12+/t25-,26+,27-,29-/m1/s1. The molecule has 3 aliphatic rings. The molecule has 46 heavy (non-hydrogen) atoms. The number of phenolic OH excluding ortho intramolecular Hbond substituents is 1. The van der Waals surface area contributed by atoms with Crippen molar-refractivity contribution in [2.75, 3.05) is 4.90 Å². The number of allylic oxidation sites excluding steroid dienone is 2. The van der Waals surface area contributed by atoms with Crippen LogP contribution in [0.15, 0.2) is 59.2 Å². The smallest absolute Gasteiger partial charge is 0.455 e. The number of nitrogens with zero attached hydrogens (tertiary/aromatic N) is 1. The highest BCUT2D eigenvalue weighted by molar-refractivity contribution is 6.43. The number of anilines is 1. The maximum absolute atomic E-state index is 13.9. The van der Waals surface area contributed by atoms with Gasteiger partial charge in [0.25, 0.3) is 0 Å². The maximum Gasteiger partial charge on any atom is 0.455 e. The molecule has 6 nitrogen and oxygen atoms in total. The summed E-state index contributed by atoms with van der Waals surface area (Å²) in [6, 6.07) is 7.50. The Balaban J connectivity index is 1.47. The Labute approximate surface area is 262 Å². The highest BCUT2D eigenvalue weighted by atomic mass is 19.4. The first kappa shape index (κ1) is 33.8. The first-order valence-corrected chi connectivity index (χ1v) is 15.3. The molecule has 2 N–H and O–H groups in total. The van der Waals surface area contributed by atoms with Crippen LogP contribution in [0.25, 0.3) is 6.08 Å². The van der Waals surface area contributed by atoms with Crippen molar-refractivity contribution >= 4 is 30.7 Å². The zero-order valence-corrected chi connectivity index (χ0v) is 25.3. The number of rotatable bonds is 8. The number of benzene rings is 2. The van der Waals surface area contributed by atoms with Crippen LogP contribution in [-0.4, -0.2) is 35.2 Å². The molecule has 0 bridgehead atoms. The number of carbonyl (C=O) groups is 2. The molecule has 0 aromatic heterocycles. The number of hydrogen-bond acceptors (Lipinski definition) is 5. The van der Waals surface area contributed by atoms with Crippen LogP contribution in [0.2, 0.25) is 6.32 Å². The Morgan fingerprint density at radius 3 is 2.15 bits per heavy atom. The largest absolute Gasteiger partial charge is 0.508 e. The minimum atomic E-state index is -5.15. The van der Waals surface area contributed by atoms with E-state index in [9.17, 15) is 46.1 Å². The molecule has 5 rings (SSSR count). The van der Waals surface area contributed by atoms with E-state index >= 15 is 0 Å². The highest BCUT2D eigenvalue weighted by Crippen LogP contribution is 2.52. The zero-order valence-electron chi connectivity index (χ0n) is 25.3. The Morgan fingerprint density at radius 2 is 1.59 bits per heavy atom. The average molecular weight is 649 g/mol. The van der Waals surface area contributed by atoms with Crippen molar-refractivity contribution < 1.29 is 50.7 Å². The van der Waals surface area contributed by atoms with Gasteiger partial charge >= 0.3 is 19.5 Å². The lowest BCUT2D eigenvalue weighted by Crippen LogP contribution is -2.46. The molecule has 2 aromatic carbocycles. The second-order valence-corrected chi connectivity index (χ2v) is 12.1. The van der Waals surface area contributed by atoms with Crippen molar-refractivity contribution in [1.82, 2.24) is 0 Å². The number of alkyl halides is 6. The van der Waals surface area contributed by atoms with Gasteiger partial charge in [0.2, 0.25) is 11.8 Å². The predicted octanol–water partition coefficient (Wildman–Crippen LogP) is 7.81. The van der Waals surface area contributed by atoms with Crippen LogP contribution in [0.5, 0.6) is 5.75 Å². The third-order valence-corrected chi connectivity index (χ3v) is 9.13. The highest BCUT2D eigenvalue weighted by Gasteiger charge is 2.57. The third kappa shape index (κ3) is 6.76. The van der Waals surface area contributed by atoms with Gasteiger partial charge in [0.1, 0.15) is 5.75 Å². The van der Waals surface area contributed by atoms with Gasteiger partial charge in [0.05, 0.1) is 34.8 Å². The lowest BCUT2D eigenvalue weighted by Gasteiger charge is -2.43. The van der Waals surface area contributed by atoms with Gasteiger partial charge in [-0.05, 0) is 85.8 Å². The maximum atomic E-state index is 13.9. The Hall–Kier alpha value is -3.58. The first-order chi connectivity index (χ1) is 21.6. The third-order valence-electron chi connectivity index (χ3n) is 9.13. The summed E-state index contributed by atoms with van der Waals surface area (Å²) < 4.78 is 87.7. The number of carbonyl (C=O) groups excluding carboxylic acids is 2. The molecule has 2 heterocycles. The molecule has 0 radical (unpaired) electrons. The number of imide groups is 1. The fraction of sp³-hybridized carbons (Fsp3) is 0.455. The van der Waals surface area contributed by atoms with E-state index in [2.05, 4.69) is 0 Å².